The molecule has 0 saturated carbocycles. The number of hydrogen-bond donors (Lipinski definition) is 1. The first-order chi connectivity index (χ1) is 7.17. The number of carbonyl (C=O) groups excluding carboxylic acids is 1. The summed E-state index contributed by atoms with van der Waals surface area (Å²) in [5, 5.41) is 3.13. The molecule has 0 aliphatic rings. The van der Waals surface area contributed by atoms with E-state index in [0.29, 0.717) is 13.0 Å². The summed E-state index contributed by atoms with van der Waals surface area (Å²) in [6.45, 7) is 2.58. The highest BCUT2D eigenvalue weighted by atomic mass is 35.5. The number of halogens is 1. The minimum absolute atomic E-state index is 0.222. The summed E-state index contributed by atoms with van der Waals surface area (Å²) < 4.78 is 5.43. The van der Waals surface area contributed by atoms with Gasteiger partial charge in [0.1, 0.15) is 6.04 Å². The Hall–Kier alpha value is -0.580. The zero-order chi connectivity index (χ0) is 11.3. The lowest BCUT2D eigenvalue weighted by Crippen LogP contribution is -2.36. The smallest absolute Gasteiger partial charge is 0.322 e. The monoisotopic (exact) mass is 247 g/mol. The van der Waals surface area contributed by atoms with E-state index in [-0.39, 0.29) is 12.0 Å². The molecule has 0 fully saturated rings. The average Bonchev–Trinajstić information content (AvgIpc) is 2.64. The molecule has 1 aromatic rings. The van der Waals surface area contributed by atoms with Crippen molar-refractivity contribution in [2.75, 3.05) is 7.11 Å². The molecule has 0 radical (unpaired) electrons. The number of nitrogens with one attached hydrogen (secondary N) is 1. The maximum absolute atomic E-state index is 11.3. The summed E-state index contributed by atoms with van der Waals surface area (Å²) in [5.74, 6) is -0.222. The van der Waals surface area contributed by atoms with Gasteiger partial charge in [-0.05, 0) is 18.6 Å². The topological polar surface area (TPSA) is 38.3 Å². The molecular weight excluding hydrogens is 234 g/mol. The molecule has 1 heterocycles. The lowest BCUT2D eigenvalue weighted by molar-refractivity contribution is -0.143. The molecule has 1 aromatic heterocycles. The Morgan fingerprint density at radius 2 is 2.40 bits per heavy atom. The molecule has 0 spiro atoms. The van der Waals surface area contributed by atoms with Crippen LogP contribution in [0.2, 0.25) is 4.34 Å². The number of carbonyl (C=O) groups is 1. The van der Waals surface area contributed by atoms with E-state index in [0.717, 1.165) is 9.21 Å². The van der Waals surface area contributed by atoms with Gasteiger partial charge >= 0.3 is 5.97 Å². The van der Waals surface area contributed by atoms with Crippen molar-refractivity contribution >= 4 is 28.9 Å². The van der Waals surface area contributed by atoms with E-state index < -0.39 is 0 Å². The molecule has 15 heavy (non-hydrogen) atoms. The highest BCUT2D eigenvalue weighted by Crippen LogP contribution is 2.21. The van der Waals surface area contributed by atoms with Gasteiger partial charge in [0.25, 0.3) is 0 Å². The first-order valence-electron chi connectivity index (χ1n) is 4.72. The van der Waals surface area contributed by atoms with Crippen molar-refractivity contribution in [1.29, 1.82) is 0 Å². The molecule has 0 aliphatic heterocycles. The minimum Gasteiger partial charge on any atom is -0.468 e. The second-order valence-corrected chi connectivity index (χ2v) is 4.87. The van der Waals surface area contributed by atoms with Gasteiger partial charge in [-0.3, -0.25) is 10.1 Å². The average molecular weight is 248 g/mol. The van der Waals surface area contributed by atoms with Crippen LogP contribution in [0.5, 0.6) is 0 Å². The molecule has 1 unspecified atom stereocenters. The van der Waals surface area contributed by atoms with Crippen LogP contribution in [-0.4, -0.2) is 19.1 Å². The van der Waals surface area contributed by atoms with Gasteiger partial charge in [0.15, 0.2) is 0 Å². The molecule has 0 bridgehead atoms. The molecule has 1 atom stereocenters. The molecule has 5 heteroatoms. The molecule has 3 nitrogen and oxygen atoms in total. The Morgan fingerprint density at radius 1 is 1.67 bits per heavy atom. The highest BCUT2D eigenvalue weighted by molar-refractivity contribution is 7.16. The number of hydrogen-bond acceptors (Lipinski definition) is 4. The lowest BCUT2D eigenvalue weighted by atomic mass is 10.2. The molecule has 0 saturated heterocycles. The number of esters is 1. The highest BCUT2D eigenvalue weighted by Gasteiger charge is 2.15. The number of ether oxygens (including phenoxy) is 1. The van der Waals surface area contributed by atoms with Crippen molar-refractivity contribution in [3.8, 4) is 0 Å². The molecule has 84 valence electrons. The van der Waals surface area contributed by atoms with Crippen molar-refractivity contribution in [3.05, 3.63) is 21.3 Å². The first kappa shape index (κ1) is 12.5. The fourth-order valence-corrected chi connectivity index (χ4v) is 2.25. The van der Waals surface area contributed by atoms with Gasteiger partial charge in [-0.2, -0.15) is 0 Å². The van der Waals surface area contributed by atoms with Gasteiger partial charge in [0.2, 0.25) is 0 Å². The predicted molar refractivity (Wildman–Crippen MR) is 62.3 cm³/mol. The fraction of sp³-hybridized carbons (Fsp3) is 0.500. The van der Waals surface area contributed by atoms with E-state index in [2.05, 4.69) is 10.1 Å². The summed E-state index contributed by atoms with van der Waals surface area (Å²) in [6.07, 6.45) is 0.714. The van der Waals surface area contributed by atoms with Crippen molar-refractivity contribution < 1.29 is 9.53 Å². The maximum Gasteiger partial charge on any atom is 0.322 e. The van der Waals surface area contributed by atoms with Gasteiger partial charge in [-0.25, -0.2) is 0 Å². The van der Waals surface area contributed by atoms with Crippen molar-refractivity contribution in [1.82, 2.24) is 5.32 Å². The van der Waals surface area contributed by atoms with Crippen LogP contribution in [0.3, 0.4) is 0 Å². The van der Waals surface area contributed by atoms with Gasteiger partial charge in [-0.15, -0.1) is 11.3 Å². The third kappa shape index (κ3) is 3.81. The van der Waals surface area contributed by atoms with Crippen LogP contribution in [0.1, 0.15) is 18.2 Å². The summed E-state index contributed by atoms with van der Waals surface area (Å²) in [5.41, 5.74) is 0. The van der Waals surface area contributed by atoms with Gasteiger partial charge in [0, 0.05) is 11.4 Å². The zero-order valence-electron chi connectivity index (χ0n) is 8.75. The van der Waals surface area contributed by atoms with E-state index in [1.807, 2.05) is 19.1 Å². The third-order valence-corrected chi connectivity index (χ3v) is 3.28. The second-order valence-electron chi connectivity index (χ2n) is 3.07. The van der Waals surface area contributed by atoms with Gasteiger partial charge < -0.3 is 4.74 Å². The van der Waals surface area contributed by atoms with E-state index in [9.17, 15) is 4.79 Å². The van der Waals surface area contributed by atoms with Crippen LogP contribution in [0.25, 0.3) is 0 Å². The standard InChI is InChI=1S/C10H14ClNO2S/c1-3-8(10(13)14-2)12-6-7-4-5-9(11)15-7/h4-5,8,12H,3,6H2,1-2H3. The third-order valence-electron chi connectivity index (χ3n) is 2.05. The van der Waals surface area contributed by atoms with Crippen molar-refractivity contribution in [2.24, 2.45) is 0 Å². The molecule has 1 N–H and O–H groups in total. The van der Waals surface area contributed by atoms with E-state index in [4.69, 9.17) is 11.6 Å². The Labute approximate surface area is 98.4 Å². The van der Waals surface area contributed by atoms with Crippen molar-refractivity contribution in [2.45, 2.75) is 25.9 Å². The Balaban J connectivity index is 2.44. The van der Waals surface area contributed by atoms with Crippen LogP contribution >= 0.6 is 22.9 Å². The van der Waals surface area contributed by atoms with Crippen LogP contribution in [-0.2, 0) is 16.1 Å². The summed E-state index contributed by atoms with van der Waals surface area (Å²) >= 11 is 7.31. The minimum atomic E-state index is -0.240. The van der Waals surface area contributed by atoms with Crippen LogP contribution in [0.15, 0.2) is 12.1 Å². The van der Waals surface area contributed by atoms with Crippen molar-refractivity contribution in [3.63, 3.8) is 0 Å². The number of methoxy groups -OCH3 is 1. The Kier molecular flexibility index (Phi) is 5.08. The summed E-state index contributed by atoms with van der Waals surface area (Å²) in [6, 6.07) is 3.56. The quantitative estimate of drug-likeness (QED) is 0.813. The SMILES string of the molecule is CCC(NCc1ccc(Cl)s1)C(=O)OC. The lowest BCUT2D eigenvalue weighted by Gasteiger charge is -2.13. The van der Waals surface area contributed by atoms with Gasteiger partial charge in [-0.1, -0.05) is 18.5 Å². The van der Waals surface area contributed by atoms with E-state index in [1.54, 1.807) is 0 Å². The van der Waals surface area contributed by atoms with Crippen LogP contribution < -0.4 is 5.32 Å². The van der Waals surface area contributed by atoms with E-state index >= 15 is 0 Å². The predicted octanol–water partition coefficient (Wildman–Crippen LogP) is 2.44. The maximum atomic E-state index is 11.3. The summed E-state index contributed by atoms with van der Waals surface area (Å²) in [4.78, 5) is 12.4. The fourth-order valence-electron chi connectivity index (χ4n) is 1.21. The van der Waals surface area contributed by atoms with Crippen LogP contribution in [0, 0.1) is 0 Å². The molecule has 0 amide bonds. The Morgan fingerprint density at radius 3 is 2.87 bits per heavy atom. The second kappa shape index (κ2) is 6.10. The van der Waals surface area contributed by atoms with Gasteiger partial charge in [0.05, 0.1) is 11.4 Å². The largest absolute Gasteiger partial charge is 0.468 e. The normalized spacial score (nSPS) is 12.5. The number of rotatable bonds is 5. The molecule has 1 rings (SSSR count). The van der Waals surface area contributed by atoms with E-state index in [1.165, 1.54) is 18.4 Å². The summed E-state index contributed by atoms with van der Waals surface area (Å²) in [7, 11) is 1.40. The number of thiophene rings is 1. The van der Waals surface area contributed by atoms with Crippen LogP contribution in [0.4, 0.5) is 0 Å². The Bertz CT molecular complexity index is 327. The molecule has 0 aromatic carbocycles. The molecular formula is C10H14ClNO2S. The first-order valence-corrected chi connectivity index (χ1v) is 5.92. The molecule has 0 aliphatic carbocycles. The zero-order valence-corrected chi connectivity index (χ0v) is 10.3.